The molecule has 0 amide bonds. The molecule has 2 heterocycles. The Morgan fingerprint density at radius 1 is 1.37 bits per heavy atom. The molecule has 19 heavy (non-hydrogen) atoms. The van der Waals surface area contributed by atoms with E-state index in [1.807, 2.05) is 19.4 Å². The van der Waals surface area contributed by atoms with Gasteiger partial charge in [0.1, 0.15) is 5.82 Å². The highest BCUT2D eigenvalue weighted by molar-refractivity contribution is 7.09. The van der Waals surface area contributed by atoms with Gasteiger partial charge in [-0.15, -0.1) is 11.3 Å². The highest BCUT2D eigenvalue weighted by Gasteiger charge is 2.06. The molecule has 0 aromatic carbocycles. The number of hydrogen-bond acceptors (Lipinski definition) is 5. The number of anilines is 1. The van der Waals surface area contributed by atoms with Crippen LogP contribution in [0, 0.1) is 0 Å². The zero-order chi connectivity index (χ0) is 13.7. The van der Waals surface area contributed by atoms with Crippen LogP contribution in [0.3, 0.4) is 0 Å². The zero-order valence-corrected chi connectivity index (χ0v) is 12.4. The van der Waals surface area contributed by atoms with Gasteiger partial charge < -0.3 is 10.2 Å². The van der Waals surface area contributed by atoms with Gasteiger partial charge in [0.25, 0.3) is 0 Å². The second-order valence-corrected chi connectivity index (χ2v) is 5.87. The molecule has 4 nitrogen and oxygen atoms in total. The van der Waals surface area contributed by atoms with E-state index in [1.54, 1.807) is 11.3 Å². The largest absolute Gasteiger partial charge is 0.353 e. The molecule has 0 spiro atoms. The Morgan fingerprint density at radius 2 is 2.21 bits per heavy atom. The van der Waals surface area contributed by atoms with Crippen molar-refractivity contribution in [2.24, 2.45) is 0 Å². The van der Waals surface area contributed by atoms with Crippen LogP contribution in [0.4, 0.5) is 5.82 Å². The van der Waals surface area contributed by atoms with Crippen molar-refractivity contribution in [2.45, 2.75) is 33.0 Å². The van der Waals surface area contributed by atoms with Crippen LogP contribution in [-0.2, 0) is 13.1 Å². The van der Waals surface area contributed by atoms with Crippen LogP contribution in [0.15, 0.2) is 29.9 Å². The van der Waals surface area contributed by atoms with Gasteiger partial charge in [-0.25, -0.2) is 4.98 Å². The van der Waals surface area contributed by atoms with Crippen LogP contribution in [0.25, 0.3) is 0 Å². The summed E-state index contributed by atoms with van der Waals surface area (Å²) >= 11 is 1.76. The van der Waals surface area contributed by atoms with Gasteiger partial charge in [0, 0.05) is 30.7 Å². The highest BCUT2D eigenvalue weighted by Crippen LogP contribution is 2.15. The summed E-state index contributed by atoms with van der Waals surface area (Å²) in [6, 6.07) is 4.66. The summed E-state index contributed by atoms with van der Waals surface area (Å²) < 4.78 is 0. The topological polar surface area (TPSA) is 41.1 Å². The van der Waals surface area contributed by atoms with E-state index in [9.17, 15) is 0 Å². The average molecular weight is 276 g/mol. The van der Waals surface area contributed by atoms with Gasteiger partial charge in [-0.3, -0.25) is 4.98 Å². The molecule has 0 aliphatic heterocycles. The summed E-state index contributed by atoms with van der Waals surface area (Å²) in [7, 11) is 2.05. The van der Waals surface area contributed by atoms with Crippen molar-refractivity contribution < 1.29 is 0 Å². The maximum Gasteiger partial charge on any atom is 0.147 e. The fourth-order valence-electron chi connectivity index (χ4n) is 1.69. The molecule has 0 aliphatic carbocycles. The molecule has 0 unspecified atom stereocenters. The predicted molar refractivity (Wildman–Crippen MR) is 80.4 cm³/mol. The molecular formula is C14H20N4S. The number of rotatable bonds is 6. The van der Waals surface area contributed by atoms with Crippen LogP contribution < -0.4 is 10.2 Å². The lowest BCUT2D eigenvalue weighted by molar-refractivity contribution is 0.580. The average Bonchev–Trinajstić information content (AvgIpc) is 2.89. The van der Waals surface area contributed by atoms with Crippen molar-refractivity contribution in [3.8, 4) is 0 Å². The monoisotopic (exact) mass is 276 g/mol. The molecule has 1 N–H and O–H groups in total. The van der Waals surface area contributed by atoms with Gasteiger partial charge in [-0.05, 0) is 11.4 Å². The lowest BCUT2D eigenvalue weighted by atomic mass is 10.3. The third-order valence-electron chi connectivity index (χ3n) is 2.73. The van der Waals surface area contributed by atoms with Crippen LogP contribution >= 0.6 is 11.3 Å². The van der Waals surface area contributed by atoms with Crippen LogP contribution in [-0.4, -0.2) is 23.1 Å². The molecule has 0 bridgehead atoms. The molecule has 0 aliphatic rings. The maximum atomic E-state index is 4.63. The molecule has 2 aromatic heterocycles. The minimum atomic E-state index is 0.453. The smallest absolute Gasteiger partial charge is 0.147 e. The van der Waals surface area contributed by atoms with Gasteiger partial charge in [-0.1, -0.05) is 19.9 Å². The maximum absolute atomic E-state index is 4.63. The Labute approximate surface area is 118 Å². The Hall–Kier alpha value is -1.46. The van der Waals surface area contributed by atoms with Crippen LogP contribution in [0.1, 0.15) is 24.4 Å². The quantitative estimate of drug-likeness (QED) is 0.880. The summed E-state index contributed by atoms with van der Waals surface area (Å²) in [4.78, 5) is 12.4. The molecule has 0 saturated heterocycles. The first-order valence-corrected chi connectivity index (χ1v) is 7.31. The third-order valence-corrected chi connectivity index (χ3v) is 3.59. The molecule has 2 aromatic rings. The van der Waals surface area contributed by atoms with Gasteiger partial charge >= 0.3 is 0 Å². The summed E-state index contributed by atoms with van der Waals surface area (Å²) in [6.45, 7) is 5.87. The van der Waals surface area contributed by atoms with Crippen LogP contribution in [0.2, 0.25) is 0 Å². The van der Waals surface area contributed by atoms with Gasteiger partial charge in [0.2, 0.25) is 0 Å². The predicted octanol–water partition coefficient (Wildman–Crippen LogP) is 2.67. The van der Waals surface area contributed by atoms with E-state index < -0.39 is 0 Å². The molecular weight excluding hydrogens is 256 g/mol. The number of hydrogen-bond donors (Lipinski definition) is 1. The fourth-order valence-corrected chi connectivity index (χ4v) is 2.45. The minimum Gasteiger partial charge on any atom is -0.353 e. The van der Waals surface area contributed by atoms with Gasteiger partial charge in [0.05, 0.1) is 18.4 Å². The lowest BCUT2D eigenvalue weighted by Gasteiger charge is -2.17. The van der Waals surface area contributed by atoms with Crippen LogP contribution in [0.5, 0.6) is 0 Å². The molecule has 0 saturated carbocycles. The standard InChI is InChI=1S/C14H20N4S/c1-11(2)16-8-12-7-15-9-14(17-12)18(3)10-13-5-4-6-19-13/h4-7,9,11,16H,8,10H2,1-3H3. The minimum absolute atomic E-state index is 0.453. The Kier molecular flexibility index (Phi) is 4.87. The van der Waals surface area contributed by atoms with E-state index in [2.05, 4.69) is 51.5 Å². The molecule has 5 heteroatoms. The van der Waals surface area contributed by atoms with E-state index in [4.69, 9.17) is 0 Å². The van der Waals surface area contributed by atoms with E-state index in [0.717, 1.165) is 24.6 Å². The van der Waals surface area contributed by atoms with Gasteiger partial charge in [0.15, 0.2) is 0 Å². The van der Waals surface area contributed by atoms with E-state index in [-0.39, 0.29) is 0 Å². The molecule has 102 valence electrons. The summed E-state index contributed by atoms with van der Waals surface area (Å²) in [6.07, 6.45) is 3.63. The molecule has 0 atom stereocenters. The second-order valence-electron chi connectivity index (χ2n) is 4.84. The first-order chi connectivity index (χ1) is 9.15. The van der Waals surface area contributed by atoms with E-state index in [1.165, 1.54) is 4.88 Å². The Balaban J connectivity index is 2.01. The third kappa shape index (κ3) is 4.29. The zero-order valence-electron chi connectivity index (χ0n) is 11.6. The Bertz CT molecular complexity index is 496. The van der Waals surface area contributed by atoms with E-state index in [0.29, 0.717) is 6.04 Å². The highest BCUT2D eigenvalue weighted by atomic mass is 32.1. The number of aromatic nitrogens is 2. The normalized spacial score (nSPS) is 10.9. The molecule has 2 rings (SSSR count). The van der Waals surface area contributed by atoms with Crippen molar-refractivity contribution in [3.63, 3.8) is 0 Å². The van der Waals surface area contributed by atoms with Gasteiger partial charge in [-0.2, -0.15) is 0 Å². The van der Waals surface area contributed by atoms with E-state index >= 15 is 0 Å². The van der Waals surface area contributed by atoms with Crippen molar-refractivity contribution in [2.75, 3.05) is 11.9 Å². The number of nitrogens with one attached hydrogen (secondary N) is 1. The first kappa shape index (κ1) is 14.0. The molecule has 0 fully saturated rings. The van der Waals surface area contributed by atoms with Crippen molar-refractivity contribution in [1.82, 2.24) is 15.3 Å². The second kappa shape index (κ2) is 6.63. The summed E-state index contributed by atoms with van der Waals surface area (Å²) in [5, 5.41) is 5.45. The summed E-state index contributed by atoms with van der Waals surface area (Å²) in [5.74, 6) is 0.913. The van der Waals surface area contributed by atoms with Crippen molar-refractivity contribution in [1.29, 1.82) is 0 Å². The summed E-state index contributed by atoms with van der Waals surface area (Å²) in [5.41, 5.74) is 0.976. The van der Waals surface area contributed by atoms with Crippen molar-refractivity contribution in [3.05, 3.63) is 40.5 Å². The molecule has 0 radical (unpaired) electrons. The van der Waals surface area contributed by atoms with Crippen molar-refractivity contribution >= 4 is 17.2 Å². The SMILES string of the molecule is CC(C)NCc1cncc(N(C)Cc2cccs2)n1. The lowest BCUT2D eigenvalue weighted by Crippen LogP contribution is -2.23. The number of thiophene rings is 1. The first-order valence-electron chi connectivity index (χ1n) is 6.43. The fraction of sp³-hybridized carbons (Fsp3) is 0.429. The Morgan fingerprint density at radius 3 is 2.89 bits per heavy atom. The number of nitrogens with zero attached hydrogens (tertiary/aromatic N) is 3.